The molecule has 7 heteroatoms. The SMILES string of the molecule is Cc1cc(C=Nc2c(C3CCCCC3)cc(C3CCCCC3)cc2C2CCCCC2)nc(C=Nc2c(C3CCCCC3)cc(C3CCCCC3)cc2C2CCCCC2)c1.[Cl-].[Cl-].[Cl-].[V]. The standard InChI is InChI=1S/C56H77N3.3ClH.V/c1-40-32-49(38-57-55-51(43-24-12-4-13-25-43)34-47(41-20-8-2-9-21-41)35-52(55)44-26-14-5-15-27-44)59-50(33-40)39-58-56-53(45-28-16-6-17-29-45)36-48(42-22-10-3-11-23-42)37-54(56)46-30-18-7-19-31-46;;;;/h32-39,41-46H,2-31H2,1H3;3*1H;/p-3. The van der Waals surface area contributed by atoms with Crippen molar-refractivity contribution >= 4 is 23.8 Å². The first-order valence-electron chi connectivity index (χ1n) is 25.6. The molecule has 6 aliphatic carbocycles. The predicted octanol–water partition coefficient (Wildman–Crippen LogP) is 8.19. The van der Waals surface area contributed by atoms with E-state index >= 15 is 0 Å². The molecule has 1 heterocycles. The number of aliphatic imine (C=N–C) groups is 2. The van der Waals surface area contributed by atoms with E-state index in [9.17, 15) is 0 Å². The third-order valence-corrected chi connectivity index (χ3v) is 16.4. The molecule has 6 fully saturated rings. The second kappa shape index (κ2) is 26.1. The summed E-state index contributed by atoms with van der Waals surface area (Å²) in [5.41, 5.74) is 15.4. The molecule has 0 N–H and O–H groups in total. The molecule has 6 aliphatic rings. The van der Waals surface area contributed by atoms with Crippen LogP contribution < -0.4 is 37.2 Å². The largest absolute Gasteiger partial charge is 1.00 e. The van der Waals surface area contributed by atoms with E-state index in [1.54, 1.807) is 33.4 Å². The van der Waals surface area contributed by atoms with Crippen LogP contribution in [0.1, 0.15) is 278 Å². The van der Waals surface area contributed by atoms with Crippen LogP contribution in [0.2, 0.25) is 0 Å². The number of halogens is 3. The number of aryl methyl sites for hydroxylation is 1. The van der Waals surface area contributed by atoms with Crippen molar-refractivity contribution in [1.82, 2.24) is 4.98 Å². The fourth-order valence-electron chi connectivity index (χ4n) is 13.1. The summed E-state index contributed by atoms with van der Waals surface area (Å²) in [5.74, 6) is 4.00. The van der Waals surface area contributed by atoms with Crippen molar-refractivity contribution in [3.8, 4) is 0 Å². The first-order chi connectivity index (χ1) is 29.2. The van der Waals surface area contributed by atoms with E-state index in [1.165, 1.54) is 210 Å². The van der Waals surface area contributed by atoms with Gasteiger partial charge in [-0.2, -0.15) is 0 Å². The van der Waals surface area contributed by atoms with Crippen LogP contribution in [-0.2, 0) is 18.6 Å². The van der Waals surface area contributed by atoms with Crippen molar-refractivity contribution in [2.24, 2.45) is 9.98 Å². The summed E-state index contributed by atoms with van der Waals surface area (Å²) in [6, 6.07) is 15.2. The van der Waals surface area contributed by atoms with Gasteiger partial charge in [0.05, 0.1) is 35.2 Å². The number of hydrogen-bond donors (Lipinski definition) is 0. The zero-order chi connectivity index (χ0) is 39.8. The van der Waals surface area contributed by atoms with Gasteiger partial charge in [0.15, 0.2) is 0 Å². The van der Waals surface area contributed by atoms with Gasteiger partial charge in [0.25, 0.3) is 0 Å². The molecular formula is C56H77Cl3N3V-3. The second-order valence-electron chi connectivity index (χ2n) is 20.6. The van der Waals surface area contributed by atoms with Gasteiger partial charge in [-0.1, -0.05) is 140 Å². The van der Waals surface area contributed by atoms with Crippen LogP contribution in [0, 0.1) is 6.92 Å². The molecule has 0 aliphatic heterocycles. The molecule has 0 bridgehead atoms. The van der Waals surface area contributed by atoms with E-state index in [-0.39, 0.29) is 55.8 Å². The molecule has 6 saturated carbocycles. The Labute approximate surface area is 413 Å². The summed E-state index contributed by atoms with van der Waals surface area (Å²) < 4.78 is 0. The fraction of sp³-hybridized carbons (Fsp3) is 0.661. The third-order valence-electron chi connectivity index (χ3n) is 16.4. The fourth-order valence-corrected chi connectivity index (χ4v) is 13.1. The maximum absolute atomic E-state index is 5.59. The summed E-state index contributed by atoms with van der Waals surface area (Å²) in [5, 5.41) is 0. The zero-order valence-electron chi connectivity index (χ0n) is 38.7. The average Bonchev–Trinajstić information content (AvgIpc) is 3.31. The van der Waals surface area contributed by atoms with E-state index < -0.39 is 0 Å². The minimum absolute atomic E-state index is 0. The summed E-state index contributed by atoms with van der Waals surface area (Å²) in [6.45, 7) is 2.23. The summed E-state index contributed by atoms with van der Waals surface area (Å²) in [4.78, 5) is 16.5. The van der Waals surface area contributed by atoms with Crippen molar-refractivity contribution in [3.05, 3.63) is 86.7 Å². The molecule has 0 saturated heterocycles. The monoisotopic (exact) mass is 947 g/mol. The molecule has 9 rings (SSSR count). The van der Waals surface area contributed by atoms with E-state index in [0.29, 0.717) is 23.7 Å². The maximum atomic E-state index is 5.59. The topological polar surface area (TPSA) is 37.6 Å². The summed E-state index contributed by atoms with van der Waals surface area (Å²) >= 11 is 0. The first-order valence-corrected chi connectivity index (χ1v) is 25.6. The van der Waals surface area contributed by atoms with Gasteiger partial charge in [0, 0.05) is 18.6 Å². The molecule has 0 amide bonds. The van der Waals surface area contributed by atoms with Gasteiger partial charge >= 0.3 is 0 Å². The molecule has 1 aromatic heterocycles. The minimum Gasteiger partial charge on any atom is -1.00 e. The van der Waals surface area contributed by atoms with Crippen LogP contribution in [0.15, 0.2) is 46.4 Å². The van der Waals surface area contributed by atoms with E-state index in [1.807, 2.05) is 0 Å². The predicted molar refractivity (Wildman–Crippen MR) is 251 cm³/mol. The van der Waals surface area contributed by atoms with Crippen molar-refractivity contribution in [2.45, 2.75) is 235 Å². The third kappa shape index (κ3) is 13.3. The quantitative estimate of drug-likeness (QED) is 0.189. The number of rotatable bonds is 10. The number of benzene rings is 2. The zero-order valence-corrected chi connectivity index (χ0v) is 42.4. The molecule has 63 heavy (non-hydrogen) atoms. The number of hydrogen-bond acceptors (Lipinski definition) is 3. The van der Waals surface area contributed by atoms with Crippen molar-refractivity contribution in [2.75, 3.05) is 0 Å². The van der Waals surface area contributed by atoms with Crippen LogP contribution in [0.25, 0.3) is 0 Å². The molecule has 0 spiro atoms. The Morgan fingerprint density at radius 3 is 0.857 bits per heavy atom. The van der Waals surface area contributed by atoms with Gasteiger partial charge in [-0.05, 0) is 171 Å². The molecule has 2 aromatic carbocycles. The molecule has 1 radical (unpaired) electrons. The Balaban J connectivity index is 0.00000187. The van der Waals surface area contributed by atoms with Crippen LogP contribution in [0.5, 0.6) is 0 Å². The van der Waals surface area contributed by atoms with Gasteiger partial charge in [0.1, 0.15) is 0 Å². The van der Waals surface area contributed by atoms with Crippen LogP contribution in [-0.4, -0.2) is 17.4 Å². The van der Waals surface area contributed by atoms with Crippen LogP contribution in [0.3, 0.4) is 0 Å². The van der Waals surface area contributed by atoms with Gasteiger partial charge < -0.3 is 37.2 Å². The van der Waals surface area contributed by atoms with Crippen molar-refractivity contribution in [1.29, 1.82) is 0 Å². The van der Waals surface area contributed by atoms with E-state index in [4.69, 9.17) is 15.0 Å². The summed E-state index contributed by atoms with van der Waals surface area (Å²) in [6.07, 6.45) is 45.1. The molecular weight excluding hydrogens is 872 g/mol. The Bertz CT molecular complexity index is 1690. The van der Waals surface area contributed by atoms with E-state index in [2.05, 4.69) is 55.8 Å². The Morgan fingerprint density at radius 2 is 0.603 bits per heavy atom. The molecule has 0 atom stereocenters. The Hall–Kier alpha value is -1.62. The molecule has 345 valence electrons. The van der Waals surface area contributed by atoms with Gasteiger partial charge in [0.2, 0.25) is 0 Å². The van der Waals surface area contributed by atoms with Crippen molar-refractivity contribution in [3.63, 3.8) is 0 Å². The molecule has 3 aromatic rings. The van der Waals surface area contributed by atoms with E-state index in [0.717, 1.165) is 23.2 Å². The van der Waals surface area contributed by atoms with Gasteiger partial charge in [-0.15, -0.1) is 0 Å². The van der Waals surface area contributed by atoms with Gasteiger partial charge in [-0.3, -0.25) is 9.98 Å². The normalized spacial score (nSPS) is 21.7. The number of pyridine rings is 1. The summed E-state index contributed by atoms with van der Waals surface area (Å²) in [7, 11) is 0. The maximum Gasteiger partial charge on any atom is 0.0823 e. The smallest absolute Gasteiger partial charge is 0.0823 e. The van der Waals surface area contributed by atoms with Gasteiger partial charge in [-0.25, -0.2) is 4.98 Å². The van der Waals surface area contributed by atoms with Crippen molar-refractivity contribution < 1.29 is 55.8 Å². The average molecular weight is 950 g/mol. The Morgan fingerprint density at radius 1 is 0.365 bits per heavy atom. The Kier molecular flexibility index (Phi) is 21.7. The minimum atomic E-state index is 0. The van der Waals surface area contributed by atoms with Crippen LogP contribution in [0.4, 0.5) is 11.4 Å². The second-order valence-corrected chi connectivity index (χ2v) is 20.6. The number of aromatic nitrogens is 1. The number of nitrogens with zero attached hydrogens (tertiary/aromatic N) is 3. The van der Waals surface area contributed by atoms with Crippen LogP contribution >= 0.6 is 0 Å². The first kappa shape index (κ1) is 52.4. The molecule has 3 nitrogen and oxygen atoms in total. The molecule has 0 unspecified atom stereocenters.